The molecule has 0 N–H and O–H groups in total. The van der Waals surface area contributed by atoms with Gasteiger partial charge in [0.25, 0.3) is 5.56 Å². The van der Waals surface area contributed by atoms with E-state index in [2.05, 4.69) is 11.1 Å². The summed E-state index contributed by atoms with van der Waals surface area (Å²) in [7, 11) is 2.86. The lowest BCUT2D eigenvalue weighted by atomic mass is 9.85. The summed E-state index contributed by atoms with van der Waals surface area (Å²) < 4.78 is 13.0. The van der Waals surface area contributed by atoms with Gasteiger partial charge in [0.15, 0.2) is 6.40 Å². The van der Waals surface area contributed by atoms with Crippen LogP contribution in [0.15, 0.2) is 50.3 Å². The Labute approximate surface area is 165 Å². The van der Waals surface area contributed by atoms with Gasteiger partial charge < -0.3 is 9.47 Å². The molecule has 9 heteroatoms. The normalized spacial score (nSPS) is 15.9. The van der Waals surface area contributed by atoms with E-state index in [4.69, 9.17) is 21.1 Å². The van der Waals surface area contributed by atoms with Crippen molar-refractivity contribution in [2.24, 2.45) is 19.1 Å². The average molecular weight is 401 g/mol. The van der Waals surface area contributed by atoms with Crippen molar-refractivity contribution in [3.63, 3.8) is 0 Å². The molecule has 0 saturated heterocycles. The second kappa shape index (κ2) is 7.74. The van der Waals surface area contributed by atoms with E-state index in [1.165, 1.54) is 18.7 Å². The standard InChI is InChI=1S/C19H17ClN4O4/c1-4-27-10-22-16-13(9-21)14(11-5-7-12(20)8-6-11)15-17(25)23(2)19(26)24(3)18(15)28-16/h5-8,10,14H,4H2,1-3H3/b22-10+. The van der Waals surface area contributed by atoms with Gasteiger partial charge in [0.2, 0.25) is 11.8 Å². The molecule has 0 radical (unpaired) electrons. The SMILES string of the molecule is CCO/C=N/C1=C(C#N)C(c2ccc(Cl)cc2)c2c(n(C)c(=O)n(C)c2=O)O1. The minimum absolute atomic E-state index is 0.0355. The highest BCUT2D eigenvalue weighted by Crippen LogP contribution is 2.40. The number of benzene rings is 1. The number of hydrogen-bond acceptors (Lipinski definition) is 6. The van der Waals surface area contributed by atoms with E-state index in [0.717, 1.165) is 11.0 Å². The van der Waals surface area contributed by atoms with Gasteiger partial charge in [-0.1, -0.05) is 23.7 Å². The average Bonchev–Trinajstić information content (AvgIpc) is 2.70. The molecule has 28 heavy (non-hydrogen) atoms. The van der Waals surface area contributed by atoms with Gasteiger partial charge in [-0.05, 0) is 24.6 Å². The van der Waals surface area contributed by atoms with Gasteiger partial charge in [-0.2, -0.15) is 10.3 Å². The molecule has 1 aromatic carbocycles. The largest absolute Gasteiger partial charge is 0.483 e. The molecule has 0 spiro atoms. The van der Waals surface area contributed by atoms with Crippen molar-refractivity contribution < 1.29 is 9.47 Å². The zero-order chi connectivity index (χ0) is 20.4. The zero-order valence-electron chi connectivity index (χ0n) is 15.5. The lowest BCUT2D eigenvalue weighted by Crippen LogP contribution is -2.42. The Morgan fingerprint density at radius 2 is 1.96 bits per heavy atom. The fraction of sp³-hybridized carbons (Fsp3) is 0.263. The Morgan fingerprint density at radius 1 is 1.29 bits per heavy atom. The van der Waals surface area contributed by atoms with E-state index in [1.54, 1.807) is 31.2 Å². The number of allylic oxidation sites excluding steroid dienone is 1. The quantitative estimate of drug-likeness (QED) is 0.577. The summed E-state index contributed by atoms with van der Waals surface area (Å²) >= 11 is 5.98. The van der Waals surface area contributed by atoms with Crippen LogP contribution in [0, 0.1) is 11.3 Å². The molecule has 2 heterocycles. The Kier molecular flexibility index (Phi) is 5.38. The van der Waals surface area contributed by atoms with Crippen molar-refractivity contribution in [2.45, 2.75) is 12.8 Å². The summed E-state index contributed by atoms with van der Waals surface area (Å²) in [4.78, 5) is 29.3. The molecule has 1 aromatic heterocycles. The van der Waals surface area contributed by atoms with Crippen molar-refractivity contribution in [1.82, 2.24) is 9.13 Å². The predicted octanol–water partition coefficient (Wildman–Crippen LogP) is 2.06. The first-order chi connectivity index (χ1) is 13.4. The third kappa shape index (κ3) is 3.21. The lowest BCUT2D eigenvalue weighted by Gasteiger charge is -2.27. The maximum atomic E-state index is 12.9. The molecular weight excluding hydrogens is 384 g/mol. The minimum atomic E-state index is -0.773. The first kappa shape index (κ1) is 19.5. The molecule has 1 aliphatic heterocycles. The first-order valence-electron chi connectivity index (χ1n) is 8.42. The van der Waals surface area contributed by atoms with Crippen molar-refractivity contribution in [1.29, 1.82) is 5.26 Å². The first-order valence-corrected chi connectivity index (χ1v) is 8.80. The van der Waals surface area contributed by atoms with Crippen molar-refractivity contribution >= 4 is 18.0 Å². The summed E-state index contributed by atoms with van der Waals surface area (Å²) in [5, 5.41) is 10.3. The second-order valence-electron chi connectivity index (χ2n) is 6.03. The van der Waals surface area contributed by atoms with Crippen LogP contribution in [0.2, 0.25) is 5.02 Å². The summed E-state index contributed by atoms with van der Waals surface area (Å²) in [5.41, 5.74) is -0.142. The van der Waals surface area contributed by atoms with Crippen LogP contribution in [0.5, 0.6) is 5.88 Å². The molecule has 1 unspecified atom stereocenters. The number of nitriles is 1. The number of ether oxygens (including phenoxy) is 2. The van der Waals surface area contributed by atoms with Crippen molar-refractivity contribution in [3.05, 3.63) is 72.7 Å². The fourth-order valence-corrected chi connectivity index (χ4v) is 3.12. The van der Waals surface area contributed by atoms with Gasteiger partial charge in [0.05, 0.1) is 18.1 Å². The van der Waals surface area contributed by atoms with Gasteiger partial charge in [-0.25, -0.2) is 4.79 Å². The molecule has 144 valence electrons. The van der Waals surface area contributed by atoms with Crippen molar-refractivity contribution in [3.8, 4) is 11.9 Å². The number of hydrogen-bond donors (Lipinski definition) is 0. The van der Waals surface area contributed by atoms with Crippen LogP contribution < -0.4 is 16.0 Å². The topological polar surface area (TPSA) is 98.6 Å². The zero-order valence-corrected chi connectivity index (χ0v) is 16.2. The number of halogens is 1. The molecular formula is C19H17ClN4O4. The molecule has 2 aromatic rings. The molecule has 0 fully saturated rings. The maximum Gasteiger partial charge on any atom is 0.333 e. The molecule has 1 aliphatic rings. The molecule has 1 atom stereocenters. The van der Waals surface area contributed by atoms with E-state index in [9.17, 15) is 14.9 Å². The number of rotatable bonds is 4. The van der Waals surface area contributed by atoms with Crippen LogP contribution >= 0.6 is 11.6 Å². The highest BCUT2D eigenvalue weighted by molar-refractivity contribution is 6.30. The van der Waals surface area contributed by atoms with Crippen molar-refractivity contribution in [2.75, 3.05) is 6.61 Å². The molecule has 0 saturated carbocycles. The molecule has 8 nitrogen and oxygen atoms in total. The molecule has 0 amide bonds. The Hall–Kier alpha value is -3.31. The van der Waals surface area contributed by atoms with Crippen LogP contribution in [0.1, 0.15) is 24.0 Å². The lowest BCUT2D eigenvalue weighted by molar-refractivity contribution is 0.326. The number of aliphatic imine (C=N–C) groups is 1. The van der Waals surface area contributed by atoms with E-state index < -0.39 is 17.2 Å². The van der Waals surface area contributed by atoms with E-state index in [-0.39, 0.29) is 22.9 Å². The van der Waals surface area contributed by atoms with E-state index in [0.29, 0.717) is 17.2 Å². The van der Waals surface area contributed by atoms with Crippen LogP contribution in [-0.4, -0.2) is 22.1 Å². The van der Waals surface area contributed by atoms with Gasteiger partial charge in [0, 0.05) is 19.1 Å². The summed E-state index contributed by atoms with van der Waals surface area (Å²) in [5.74, 6) is -0.771. The monoisotopic (exact) mass is 400 g/mol. The van der Waals surface area contributed by atoms with Gasteiger partial charge >= 0.3 is 5.69 Å². The number of aromatic nitrogens is 2. The second-order valence-corrected chi connectivity index (χ2v) is 6.47. The summed E-state index contributed by atoms with van der Waals surface area (Å²) in [6.45, 7) is 2.17. The van der Waals surface area contributed by atoms with Crippen LogP contribution in [0.25, 0.3) is 0 Å². The number of fused-ring (bicyclic) bond motifs is 1. The Balaban J connectivity index is 2.35. The highest BCUT2D eigenvalue weighted by Gasteiger charge is 2.36. The Morgan fingerprint density at radius 3 is 2.57 bits per heavy atom. The van der Waals surface area contributed by atoms with Gasteiger partial charge in [-0.15, -0.1) is 0 Å². The predicted molar refractivity (Wildman–Crippen MR) is 104 cm³/mol. The molecule has 0 bridgehead atoms. The van der Waals surface area contributed by atoms with Gasteiger partial charge in [-0.3, -0.25) is 13.9 Å². The van der Waals surface area contributed by atoms with Crippen LogP contribution in [0.3, 0.4) is 0 Å². The van der Waals surface area contributed by atoms with Crippen LogP contribution in [0.4, 0.5) is 0 Å². The molecule has 3 rings (SSSR count). The number of nitrogens with zero attached hydrogens (tertiary/aromatic N) is 4. The fourth-order valence-electron chi connectivity index (χ4n) is 2.99. The summed E-state index contributed by atoms with van der Waals surface area (Å²) in [6, 6.07) is 8.84. The Bertz CT molecular complexity index is 1140. The smallest absolute Gasteiger partial charge is 0.333 e. The van der Waals surface area contributed by atoms with E-state index >= 15 is 0 Å². The summed E-state index contributed by atoms with van der Waals surface area (Å²) in [6.07, 6.45) is 1.16. The van der Waals surface area contributed by atoms with E-state index in [1.807, 2.05) is 0 Å². The highest BCUT2D eigenvalue weighted by atomic mass is 35.5. The van der Waals surface area contributed by atoms with Gasteiger partial charge in [0.1, 0.15) is 11.6 Å². The third-order valence-corrected chi connectivity index (χ3v) is 4.63. The molecule has 0 aliphatic carbocycles. The maximum absolute atomic E-state index is 12.9. The van der Waals surface area contributed by atoms with Crippen LogP contribution in [-0.2, 0) is 18.8 Å². The third-order valence-electron chi connectivity index (χ3n) is 4.38. The minimum Gasteiger partial charge on any atom is -0.483 e.